The smallest absolute Gasteiger partial charge is 0.330 e. The summed E-state index contributed by atoms with van der Waals surface area (Å²) in [6.45, 7) is 0.339. The van der Waals surface area contributed by atoms with Crippen molar-refractivity contribution in [3.8, 4) is 0 Å². The van der Waals surface area contributed by atoms with E-state index in [9.17, 15) is 10.1 Å². The highest BCUT2D eigenvalue weighted by atomic mass is 16.6. The fourth-order valence-electron chi connectivity index (χ4n) is 1.34. The number of nitro groups is 1. The van der Waals surface area contributed by atoms with Crippen molar-refractivity contribution in [3.05, 3.63) is 40.3 Å². The van der Waals surface area contributed by atoms with E-state index < -0.39 is 4.92 Å². The Hall–Kier alpha value is -2.51. The Morgan fingerprint density at radius 3 is 3.06 bits per heavy atom. The zero-order chi connectivity index (χ0) is 12.3. The quantitative estimate of drug-likeness (QED) is 0.618. The number of hydrogen-bond donors (Lipinski definition) is 1. The lowest BCUT2D eigenvalue weighted by Crippen LogP contribution is -2.04. The monoisotopic (exact) mass is 234 g/mol. The second-order valence-corrected chi connectivity index (χ2v) is 3.36. The molecule has 2 rings (SSSR count). The summed E-state index contributed by atoms with van der Waals surface area (Å²) in [5, 5.41) is 25.1. The second-order valence-electron chi connectivity index (χ2n) is 3.36. The zero-order valence-electron chi connectivity index (χ0n) is 9.07. The van der Waals surface area contributed by atoms with Gasteiger partial charge in [0.1, 0.15) is 6.20 Å². The highest BCUT2D eigenvalue weighted by Gasteiger charge is 2.17. The van der Waals surface area contributed by atoms with Gasteiger partial charge in [-0.15, -0.1) is 5.10 Å². The van der Waals surface area contributed by atoms with E-state index in [0.717, 1.165) is 0 Å². The van der Waals surface area contributed by atoms with E-state index in [1.54, 1.807) is 25.4 Å². The lowest BCUT2D eigenvalue weighted by atomic mass is 10.4. The van der Waals surface area contributed by atoms with Gasteiger partial charge >= 0.3 is 5.69 Å². The molecule has 0 saturated heterocycles. The first kappa shape index (κ1) is 11.0. The van der Waals surface area contributed by atoms with Crippen LogP contribution >= 0.6 is 0 Å². The highest BCUT2D eigenvalue weighted by Crippen LogP contribution is 2.21. The van der Waals surface area contributed by atoms with E-state index in [4.69, 9.17) is 0 Å². The Labute approximate surface area is 96.4 Å². The molecule has 1 N–H and O–H groups in total. The van der Waals surface area contributed by atoms with Crippen molar-refractivity contribution in [2.75, 3.05) is 5.32 Å². The molecule has 0 unspecified atom stereocenters. The van der Waals surface area contributed by atoms with Crippen molar-refractivity contribution < 1.29 is 4.92 Å². The Bertz CT molecular complexity index is 524. The molecule has 0 aromatic carbocycles. The number of hydrogen-bond acceptors (Lipinski definition) is 6. The number of nitrogens with zero attached hydrogens (tertiary/aromatic N) is 5. The van der Waals surface area contributed by atoms with E-state index in [2.05, 4.69) is 20.6 Å². The predicted molar refractivity (Wildman–Crippen MR) is 59.2 cm³/mol. The number of nitrogens with one attached hydrogen (secondary N) is 1. The maximum Gasteiger partial charge on any atom is 0.330 e. The van der Waals surface area contributed by atoms with Gasteiger partial charge in [0.15, 0.2) is 0 Å². The Morgan fingerprint density at radius 2 is 2.41 bits per heavy atom. The van der Waals surface area contributed by atoms with Gasteiger partial charge in [0.05, 0.1) is 17.2 Å². The molecule has 0 aliphatic carbocycles. The van der Waals surface area contributed by atoms with Crippen molar-refractivity contribution in [2.45, 2.75) is 6.54 Å². The molecule has 2 aromatic rings. The Morgan fingerprint density at radius 1 is 1.59 bits per heavy atom. The molecule has 8 nitrogen and oxygen atoms in total. The third-order valence-electron chi connectivity index (χ3n) is 2.07. The van der Waals surface area contributed by atoms with E-state index >= 15 is 0 Å². The predicted octanol–water partition coefficient (Wildman–Crippen LogP) is 0.730. The zero-order valence-corrected chi connectivity index (χ0v) is 9.07. The molecule has 0 spiro atoms. The average Bonchev–Trinajstić information content (AvgIpc) is 2.69. The van der Waals surface area contributed by atoms with Gasteiger partial charge in [-0.3, -0.25) is 14.8 Å². The molecule has 0 aliphatic heterocycles. The van der Waals surface area contributed by atoms with Gasteiger partial charge in [-0.2, -0.15) is 10.2 Å². The molecule has 2 aromatic heterocycles. The molecule has 88 valence electrons. The van der Waals surface area contributed by atoms with Gasteiger partial charge in [0, 0.05) is 13.2 Å². The first-order chi connectivity index (χ1) is 8.16. The maximum absolute atomic E-state index is 10.7. The van der Waals surface area contributed by atoms with Crippen LogP contribution in [0, 0.1) is 10.1 Å². The van der Waals surface area contributed by atoms with Gasteiger partial charge in [0.25, 0.3) is 0 Å². The van der Waals surface area contributed by atoms with Gasteiger partial charge < -0.3 is 5.32 Å². The highest BCUT2D eigenvalue weighted by molar-refractivity contribution is 5.54. The summed E-state index contributed by atoms with van der Waals surface area (Å²) in [5.41, 5.74) is 0.629. The van der Waals surface area contributed by atoms with E-state index in [1.165, 1.54) is 10.9 Å². The summed E-state index contributed by atoms with van der Waals surface area (Å²) in [6, 6.07) is 3.52. The third kappa shape index (κ3) is 2.54. The van der Waals surface area contributed by atoms with Crippen molar-refractivity contribution in [3.63, 3.8) is 0 Å². The minimum atomic E-state index is -0.480. The van der Waals surface area contributed by atoms with Crippen molar-refractivity contribution in [1.29, 1.82) is 0 Å². The van der Waals surface area contributed by atoms with Crippen LogP contribution in [0.5, 0.6) is 0 Å². The van der Waals surface area contributed by atoms with E-state index in [1.807, 2.05) is 0 Å². The van der Waals surface area contributed by atoms with Crippen LogP contribution in [0.4, 0.5) is 11.5 Å². The average molecular weight is 234 g/mol. The Balaban J connectivity index is 2.11. The summed E-state index contributed by atoms with van der Waals surface area (Å²) >= 11 is 0. The minimum absolute atomic E-state index is 0.0589. The number of aryl methyl sites for hydroxylation is 1. The molecule has 0 radical (unpaired) electrons. The SMILES string of the molecule is Cn1cc([N+](=O)[O-])c(NCc2cccnn2)n1. The molecule has 8 heteroatoms. The van der Waals surface area contributed by atoms with Crippen LogP contribution in [0.3, 0.4) is 0 Å². The van der Waals surface area contributed by atoms with Gasteiger partial charge in [-0.05, 0) is 12.1 Å². The fourth-order valence-corrected chi connectivity index (χ4v) is 1.34. The largest absolute Gasteiger partial charge is 0.357 e. The number of rotatable bonds is 4. The summed E-state index contributed by atoms with van der Waals surface area (Å²) in [5.74, 6) is 0.225. The second kappa shape index (κ2) is 4.56. The van der Waals surface area contributed by atoms with Crippen LogP contribution in [0.2, 0.25) is 0 Å². The van der Waals surface area contributed by atoms with Crippen molar-refractivity contribution in [1.82, 2.24) is 20.0 Å². The fraction of sp³-hybridized carbons (Fsp3) is 0.222. The van der Waals surface area contributed by atoms with Crippen LogP contribution < -0.4 is 5.32 Å². The molecule has 0 saturated carbocycles. The first-order valence-electron chi connectivity index (χ1n) is 4.85. The van der Waals surface area contributed by atoms with Gasteiger partial charge in [-0.25, -0.2) is 0 Å². The van der Waals surface area contributed by atoms with Crippen LogP contribution in [-0.4, -0.2) is 24.9 Å². The molecule has 0 atom stereocenters. The van der Waals surface area contributed by atoms with Crippen molar-refractivity contribution in [2.24, 2.45) is 7.05 Å². The standard InChI is InChI=1S/C9H10N6O2/c1-14-6-8(15(16)17)9(13-14)10-5-7-3-2-4-11-12-7/h2-4,6H,5H2,1H3,(H,10,13). The number of aromatic nitrogens is 4. The van der Waals surface area contributed by atoms with Gasteiger partial charge in [0.2, 0.25) is 5.82 Å². The van der Waals surface area contributed by atoms with Crippen LogP contribution in [0.15, 0.2) is 24.5 Å². The molecular weight excluding hydrogens is 224 g/mol. The summed E-state index contributed by atoms with van der Waals surface area (Å²) in [4.78, 5) is 10.3. The van der Waals surface area contributed by atoms with E-state index in [-0.39, 0.29) is 11.5 Å². The van der Waals surface area contributed by atoms with Crippen LogP contribution in [-0.2, 0) is 13.6 Å². The number of anilines is 1. The van der Waals surface area contributed by atoms with E-state index in [0.29, 0.717) is 12.2 Å². The summed E-state index contributed by atoms with van der Waals surface area (Å²) < 4.78 is 1.39. The lowest BCUT2D eigenvalue weighted by molar-refractivity contribution is -0.384. The van der Waals surface area contributed by atoms with Crippen LogP contribution in [0.1, 0.15) is 5.69 Å². The maximum atomic E-state index is 10.7. The summed E-state index contributed by atoms with van der Waals surface area (Å²) in [6.07, 6.45) is 2.91. The Kier molecular flexibility index (Phi) is 2.95. The first-order valence-corrected chi connectivity index (χ1v) is 4.85. The molecule has 17 heavy (non-hydrogen) atoms. The molecular formula is C9H10N6O2. The van der Waals surface area contributed by atoms with Crippen molar-refractivity contribution >= 4 is 11.5 Å². The van der Waals surface area contributed by atoms with Gasteiger partial charge in [-0.1, -0.05) is 0 Å². The minimum Gasteiger partial charge on any atom is -0.357 e. The molecule has 0 amide bonds. The molecule has 0 aliphatic rings. The third-order valence-corrected chi connectivity index (χ3v) is 2.07. The molecule has 0 fully saturated rings. The molecule has 0 bridgehead atoms. The molecule has 2 heterocycles. The lowest BCUT2D eigenvalue weighted by Gasteiger charge is -2.00. The normalized spacial score (nSPS) is 10.2. The van der Waals surface area contributed by atoms with Crippen LogP contribution in [0.25, 0.3) is 0 Å². The summed E-state index contributed by atoms with van der Waals surface area (Å²) in [7, 11) is 1.63. The topological polar surface area (TPSA) is 98.8 Å².